The Morgan fingerprint density at radius 3 is 2.56 bits per heavy atom. The van der Waals surface area contributed by atoms with E-state index >= 15 is 0 Å². The minimum atomic E-state index is -3.76. The molecule has 0 unspecified atom stereocenters. The first kappa shape index (κ1) is 30.9. The van der Waals surface area contributed by atoms with Gasteiger partial charge in [-0.25, -0.2) is 8.42 Å². The SMILES string of the molecule is C[C@@H]1CN([C@H](C)CO)C(=O)c2cc(NC(=O)CCN3CCOCC3)ccc2O[C@H]1CN(C)S(=O)(=O)c1ccccc1. The molecule has 2 N–H and O–H groups in total. The van der Waals surface area contributed by atoms with Crippen LogP contribution >= 0.6 is 0 Å². The van der Waals surface area contributed by atoms with Gasteiger partial charge < -0.3 is 24.8 Å². The van der Waals surface area contributed by atoms with Gasteiger partial charge in [0.15, 0.2) is 0 Å². The largest absolute Gasteiger partial charge is 0.488 e. The highest BCUT2D eigenvalue weighted by atomic mass is 32.2. The van der Waals surface area contributed by atoms with Gasteiger partial charge in [0.05, 0.1) is 42.9 Å². The van der Waals surface area contributed by atoms with Crippen molar-refractivity contribution < 1.29 is 32.6 Å². The molecule has 2 aromatic carbocycles. The molecule has 0 bridgehead atoms. The molecule has 41 heavy (non-hydrogen) atoms. The molecule has 1 saturated heterocycles. The number of nitrogens with zero attached hydrogens (tertiary/aromatic N) is 3. The van der Waals surface area contributed by atoms with E-state index in [1.807, 2.05) is 6.92 Å². The summed E-state index contributed by atoms with van der Waals surface area (Å²) in [7, 11) is -2.26. The molecule has 0 aromatic heterocycles. The first-order valence-electron chi connectivity index (χ1n) is 13.9. The molecule has 2 amide bonds. The maximum Gasteiger partial charge on any atom is 0.258 e. The van der Waals surface area contributed by atoms with Crippen LogP contribution in [0, 0.1) is 5.92 Å². The third kappa shape index (κ3) is 7.63. The molecule has 0 spiro atoms. The molecule has 0 saturated carbocycles. The molecule has 224 valence electrons. The fourth-order valence-corrected chi connectivity index (χ4v) is 6.15. The van der Waals surface area contributed by atoms with E-state index in [1.165, 1.54) is 11.4 Å². The third-order valence-corrected chi connectivity index (χ3v) is 9.43. The number of ether oxygens (including phenoxy) is 2. The maximum atomic E-state index is 13.7. The summed E-state index contributed by atoms with van der Waals surface area (Å²) in [4.78, 5) is 30.3. The standard InChI is InChI=1S/C29H40N4O7S/c1-21-18-33(22(2)20-34)29(36)25-17-23(30-28(35)11-12-32-13-15-39-16-14-32)9-10-26(25)40-27(21)19-31(3)41(37,38)24-7-5-4-6-8-24/h4-10,17,21-22,27,34H,11-16,18-20H2,1-3H3,(H,30,35)/t21-,22-,27+/m1/s1. The molecule has 3 atom stereocenters. The molecule has 0 radical (unpaired) electrons. The van der Waals surface area contributed by atoms with Crippen LogP contribution < -0.4 is 10.1 Å². The predicted molar refractivity (Wildman–Crippen MR) is 154 cm³/mol. The van der Waals surface area contributed by atoms with Gasteiger partial charge in [-0.05, 0) is 37.3 Å². The van der Waals surface area contributed by atoms with E-state index in [4.69, 9.17) is 9.47 Å². The van der Waals surface area contributed by atoms with Crippen molar-refractivity contribution in [1.29, 1.82) is 0 Å². The van der Waals surface area contributed by atoms with E-state index in [2.05, 4.69) is 10.2 Å². The van der Waals surface area contributed by atoms with Crippen LogP contribution in [-0.4, -0.2) is 111 Å². The Hall–Kier alpha value is -3.03. The van der Waals surface area contributed by atoms with Crippen molar-refractivity contribution >= 4 is 27.5 Å². The molecule has 11 nitrogen and oxygen atoms in total. The minimum Gasteiger partial charge on any atom is -0.488 e. The summed E-state index contributed by atoms with van der Waals surface area (Å²) < 4.78 is 39.3. The Kier molecular flexibility index (Phi) is 10.4. The van der Waals surface area contributed by atoms with Gasteiger partial charge in [-0.3, -0.25) is 14.5 Å². The summed E-state index contributed by atoms with van der Waals surface area (Å²) in [6, 6.07) is 12.6. The minimum absolute atomic E-state index is 0.0490. The van der Waals surface area contributed by atoms with Crippen molar-refractivity contribution in [2.45, 2.75) is 37.3 Å². The average molecular weight is 589 g/mol. The first-order chi connectivity index (χ1) is 19.6. The summed E-state index contributed by atoms with van der Waals surface area (Å²) in [6.45, 7) is 7.22. The number of likely N-dealkylation sites (N-methyl/N-ethyl adjacent to an activating group) is 1. The highest BCUT2D eigenvalue weighted by Gasteiger charge is 2.35. The monoisotopic (exact) mass is 588 g/mol. The topological polar surface area (TPSA) is 129 Å². The van der Waals surface area contributed by atoms with Crippen LogP contribution in [0.3, 0.4) is 0 Å². The van der Waals surface area contributed by atoms with Gasteiger partial charge >= 0.3 is 0 Å². The number of hydrogen-bond donors (Lipinski definition) is 2. The van der Waals surface area contributed by atoms with Crippen LogP contribution in [0.15, 0.2) is 53.4 Å². The van der Waals surface area contributed by atoms with E-state index in [0.717, 1.165) is 13.1 Å². The molecular formula is C29H40N4O7S. The zero-order valence-electron chi connectivity index (χ0n) is 23.9. The highest BCUT2D eigenvalue weighted by molar-refractivity contribution is 7.89. The van der Waals surface area contributed by atoms with E-state index in [0.29, 0.717) is 37.6 Å². The highest BCUT2D eigenvalue weighted by Crippen LogP contribution is 2.31. The summed E-state index contributed by atoms with van der Waals surface area (Å²) in [5, 5.41) is 12.8. The normalized spacial score (nSPS) is 21.0. The third-order valence-electron chi connectivity index (χ3n) is 7.60. The van der Waals surface area contributed by atoms with Crippen molar-refractivity contribution in [2.75, 3.05) is 64.9 Å². The lowest BCUT2D eigenvalue weighted by Gasteiger charge is -2.38. The van der Waals surface area contributed by atoms with E-state index in [9.17, 15) is 23.1 Å². The van der Waals surface area contributed by atoms with Gasteiger partial charge in [0.2, 0.25) is 15.9 Å². The number of morpholine rings is 1. The maximum absolute atomic E-state index is 13.7. The van der Waals surface area contributed by atoms with E-state index in [-0.39, 0.29) is 47.9 Å². The van der Waals surface area contributed by atoms with E-state index in [1.54, 1.807) is 60.4 Å². The lowest BCUT2D eigenvalue weighted by atomic mass is 9.99. The number of amides is 2. The van der Waals surface area contributed by atoms with Crippen molar-refractivity contribution in [1.82, 2.24) is 14.1 Å². The summed E-state index contributed by atoms with van der Waals surface area (Å²) >= 11 is 0. The zero-order valence-corrected chi connectivity index (χ0v) is 24.7. The van der Waals surface area contributed by atoms with Crippen LogP contribution in [-0.2, 0) is 19.6 Å². The molecule has 2 heterocycles. The second-order valence-electron chi connectivity index (χ2n) is 10.7. The Morgan fingerprint density at radius 2 is 1.88 bits per heavy atom. The second-order valence-corrected chi connectivity index (χ2v) is 12.7. The lowest BCUT2D eigenvalue weighted by Crippen LogP contribution is -2.50. The van der Waals surface area contributed by atoms with Crippen molar-refractivity contribution in [2.24, 2.45) is 5.92 Å². The van der Waals surface area contributed by atoms with Crippen molar-refractivity contribution in [3.8, 4) is 5.75 Å². The Bertz CT molecular complexity index is 1300. The number of carbonyl (C=O) groups is 2. The molecule has 0 aliphatic carbocycles. The Labute approximate surface area is 242 Å². The van der Waals surface area contributed by atoms with Crippen LogP contribution in [0.4, 0.5) is 5.69 Å². The van der Waals surface area contributed by atoms with Gasteiger partial charge in [-0.15, -0.1) is 0 Å². The molecular weight excluding hydrogens is 548 g/mol. The van der Waals surface area contributed by atoms with Crippen LogP contribution in [0.1, 0.15) is 30.6 Å². The Balaban J connectivity index is 1.55. The number of benzene rings is 2. The molecule has 12 heteroatoms. The van der Waals surface area contributed by atoms with Gasteiger partial charge in [0, 0.05) is 51.3 Å². The lowest BCUT2D eigenvalue weighted by molar-refractivity contribution is -0.116. The van der Waals surface area contributed by atoms with E-state index < -0.39 is 22.2 Å². The van der Waals surface area contributed by atoms with Crippen molar-refractivity contribution in [3.63, 3.8) is 0 Å². The van der Waals surface area contributed by atoms with Crippen molar-refractivity contribution in [3.05, 3.63) is 54.1 Å². The average Bonchev–Trinajstić information content (AvgIpc) is 2.98. The Morgan fingerprint density at radius 1 is 1.17 bits per heavy atom. The number of carbonyl (C=O) groups excluding carboxylic acids is 2. The number of nitrogens with one attached hydrogen (secondary N) is 1. The summed E-state index contributed by atoms with van der Waals surface area (Å²) in [6.07, 6.45) is -0.288. The van der Waals surface area contributed by atoms with Gasteiger partial charge in [0.25, 0.3) is 5.91 Å². The predicted octanol–water partition coefficient (Wildman–Crippen LogP) is 1.89. The van der Waals surface area contributed by atoms with Crippen LogP contribution in [0.2, 0.25) is 0 Å². The second kappa shape index (κ2) is 13.8. The smallest absolute Gasteiger partial charge is 0.258 e. The summed E-state index contributed by atoms with van der Waals surface area (Å²) in [5.41, 5.74) is 0.694. The fraction of sp³-hybridized carbons (Fsp3) is 0.517. The molecule has 1 fully saturated rings. The number of anilines is 1. The molecule has 4 rings (SSSR count). The summed E-state index contributed by atoms with van der Waals surface area (Å²) in [5.74, 6) is -0.468. The van der Waals surface area contributed by atoms with Crippen LogP contribution in [0.25, 0.3) is 0 Å². The van der Waals surface area contributed by atoms with Gasteiger partial charge in [-0.2, -0.15) is 4.31 Å². The van der Waals surface area contributed by atoms with Gasteiger partial charge in [0.1, 0.15) is 11.9 Å². The number of rotatable bonds is 10. The molecule has 2 aromatic rings. The molecule has 2 aliphatic heterocycles. The first-order valence-corrected chi connectivity index (χ1v) is 15.4. The molecule has 2 aliphatic rings. The number of aliphatic hydroxyl groups excluding tert-OH is 1. The van der Waals surface area contributed by atoms with Crippen LogP contribution in [0.5, 0.6) is 5.75 Å². The number of hydrogen-bond acceptors (Lipinski definition) is 8. The van der Waals surface area contributed by atoms with Gasteiger partial charge in [-0.1, -0.05) is 25.1 Å². The fourth-order valence-electron chi connectivity index (χ4n) is 4.95. The number of aliphatic hydroxyl groups is 1. The number of fused-ring (bicyclic) bond motifs is 1. The number of sulfonamides is 1. The quantitative estimate of drug-likeness (QED) is 0.431. The zero-order chi connectivity index (χ0) is 29.6.